The fraction of sp³-hybridized carbons (Fsp3) is 0.312. The molecule has 1 unspecified atom stereocenters. The molecule has 0 spiro atoms. The van der Waals surface area contributed by atoms with Crippen LogP contribution in [0.5, 0.6) is 0 Å². The van der Waals surface area contributed by atoms with Crippen molar-refractivity contribution in [3.8, 4) is 6.07 Å². The van der Waals surface area contributed by atoms with E-state index in [1.54, 1.807) is 11.8 Å². The van der Waals surface area contributed by atoms with Gasteiger partial charge in [-0.1, -0.05) is 36.2 Å². The summed E-state index contributed by atoms with van der Waals surface area (Å²) < 4.78 is 0. The Labute approximate surface area is 123 Å². The van der Waals surface area contributed by atoms with Crippen LogP contribution in [0.25, 0.3) is 0 Å². The van der Waals surface area contributed by atoms with Gasteiger partial charge in [0.15, 0.2) is 0 Å². The summed E-state index contributed by atoms with van der Waals surface area (Å²) in [5.74, 6) is 1.32. The van der Waals surface area contributed by atoms with Gasteiger partial charge in [0.1, 0.15) is 0 Å². The molecule has 1 aliphatic carbocycles. The Bertz CT molecular complexity index is 637. The molecule has 1 atom stereocenters. The van der Waals surface area contributed by atoms with Crippen molar-refractivity contribution in [2.24, 2.45) is 0 Å². The molecule has 0 saturated heterocycles. The van der Waals surface area contributed by atoms with E-state index in [0.717, 1.165) is 29.2 Å². The van der Waals surface area contributed by atoms with Crippen molar-refractivity contribution in [1.82, 2.24) is 0 Å². The fourth-order valence-electron chi connectivity index (χ4n) is 2.88. The van der Waals surface area contributed by atoms with Gasteiger partial charge < -0.3 is 0 Å². The molecule has 1 aliphatic heterocycles. The van der Waals surface area contributed by atoms with E-state index in [1.165, 1.54) is 21.6 Å². The normalized spacial score (nSPS) is 21.9. The molecule has 1 nitrogen and oxygen atoms in total. The molecule has 1 aromatic carbocycles. The molecule has 0 radical (unpaired) electrons. The van der Waals surface area contributed by atoms with Gasteiger partial charge in [-0.2, -0.15) is 5.26 Å². The smallest absolute Gasteiger partial charge is 0.0947 e. The number of nitrogens with zero attached hydrogens (tertiary/aromatic N) is 1. The van der Waals surface area contributed by atoms with Crippen LogP contribution in [-0.4, -0.2) is 5.75 Å². The third-order valence-corrected chi connectivity index (χ3v) is 5.55. The second-order valence-electron chi connectivity index (χ2n) is 5.00. The lowest BCUT2D eigenvalue weighted by atomic mass is 9.83. The van der Waals surface area contributed by atoms with Crippen molar-refractivity contribution in [3.63, 3.8) is 0 Å². The van der Waals surface area contributed by atoms with Crippen LogP contribution < -0.4 is 0 Å². The van der Waals surface area contributed by atoms with E-state index in [0.29, 0.717) is 5.92 Å². The van der Waals surface area contributed by atoms with Gasteiger partial charge in [-0.3, -0.25) is 0 Å². The highest BCUT2D eigenvalue weighted by Gasteiger charge is 2.25. The molecular weight excluding hydrogens is 274 g/mol. The van der Waals surface area contributed by atoms with Gasteiger partial charge in [-0.15, -0.1) is 11.8 Å². The van der Waals surface area contributed by atoms with Gasteiger partial charge in [0.05, 0.1) is 11.1 Å². The highest BCUT2D eigenvalue weighted by molar-refractivity contribution is 7.99. The summed E-state index contributed by atoms with van der Waals surface area (Å²) in [6, 6.07) is 8.47. The third-order valence-electron chi connectivity index (χ3n) is 3.93. The topological polar surface area (TPSA) is 23.8 Å². The lowest BCUT2D eigenvalue weighted by Gasteiger charge is -2.21. The molecule has 0 bridgehead atoms. The number of hydrogen-bond donors (Lipinski definition) is 0. The van der Waals surface area contributed by atoms with E-state index in [-0.39, 0.29) is 0 Å². The first-order valence-electron chi connectivity index (χ1n) is 6.44. The summed E-state index contributed by atoms with van der Waals surface area (Å²) in [6.45, 7) is 2.25. The Morgan fingerprint density at radius 1 is 1.37 bits per heavy atom. The molecule has 0 amide bonds. The Balaban J connectivity index is 2.09. The average Bonchev–Trinajstić information content (AvgIpc) is 2.57. The second kappa shape index (κ2) is 5.07. The van der Waals surface area contributed by atoms with Gasteiger partial charge in [0.2, 0.25) is 0 Å². The Morgan fingerprint density at radius 2 is 2.21 bits per heavy atom. The summed E-state index contributed by atoms with van der Waals surface area (Å²) >= 11 is 8.12. The summed E-state index contributed by atoms with van der Waals surface area (Å²) in [5, 5.41) is 9.91. The summed E-state index contributed by atoms with van der Waals surface area (Å²) in [4.78, 5) is 1.21. The first-order chi connectivity index (χ1) is 9.20. The molecule has 0 fully saturated rings. The van der Waals surface area contributed by atoms with E-state index in [9.17, 15) is 0 Å². The van der Waals surface area contributed by atoms with Crippen molar-refractivity contribution in [2.75, 3.05) is 5.75 Å². The van der Waals surface area contributed by atoms with E-state index >= 15 is 0 Å². The summed E-state index contributed by atoms with van der Waals surface area (Å²) in [7, 11) is 0. The number of thioether (sulfide) groups is 1. The van der Waals surface area contributed by atoms with E-state index in [4.69, 9.17) is 16.9 Å². The lowest BCUT2D eigenvalue weighted by Crippen LogP contribution is -2.05. The van der Waals surface area contributed by atoms with E-state index < -0.39 is 0 Å². The van der Waals surface area contributed by atoms with Gasteiger partial charge in [0.25, 0.3) is 0 Å². The van der Waals surface area contributed by atoms with Crippen LogP contribution in [0.4, 0.5) is 0 Å². The van der Waals surface area contributed by atoms with Crippen molar-refractivity contribution in [3.05, 3.63) is 51.6 Å². The van der Waals surface area contributed by atoms with Crippen molar-refractivity contribution >= 4 is 23.4 Å². The number of rotatable bonds is 0. The number of allylic oxidation sites excluding steroid dienone is 3. The Kier molecular flexibility index (Phi) is 3.43. The van der Waals surface area contributed by atoms with Crippen molar-refractivity contribution in [1.29, 1.82) is 5.26 Å². The second-order valence-corrected chi connectivity index (χ2v) is 6.39. The van der Waals surface area contributed by atoms with Gasteiger partial charge in [-0.25, -0.2) is 0 Å². The zero-order valence-electron chi connectivity index (χ0n) is 10.7. The summed E-state index contributed by atoms with van der Waals surface area (Å²) in [6.07, 6.45) is 3.96. The Morgan fingerprint density at radius 3 is 3.00 bits per heavy atom. The number of benzene rings is 1. The minimum Gasteiger partial charge on any atom is -0.193 e. The molecule has 1 heterocycles. The molecule has 19 heavy (non-hydrogen) atoms. The van der Waals surface area contributed by atoms with Gasteiger partial charge >= 0.3 is 0 Å². The predicted octanol–water partition coefficient (Wildman–Crippen LogP) is 5.09. The van der Waals surface area contributed by atoms with Crippen LogP contribution in [0, 0.1) is 11.3 Å². The lowest BCUT2D eigenvalue weighted by molar-refractivity contribution is 0.769. The average molecular weight is 288 g/mol. The summed E-state index contributed by atoms with van der Waals surface area (Å²) in [5.41, 5.74) is 5.04. The maximum absolute atomic E-state index is 9.07. The molecule has 3 rings (SSSR count). The van der Waals surface area contributed by atoms with Crippen molar-refractivity contribution < 1.29 is 0 Å². The molecule has 3 heteroatoms. The maximum Gasteiger partial charge on any atom is 0.0947 e. The van der Waals surface area contributed by atoms with Crippen LogP contribution in [0.15, 0.2) is 45.9 Å². The van der Waals surface area contributed by atoms with Crippen LogP contribution in [0.1, 0.15) is 31.2 Å². The molecule has 2 aliphatic rings. The standard InChI is InChI=1S/C16H14ClNS/c1-10-13-6-5-11(8-18)7-12(13)9-19-16-14(10)3-2-4-15(16)17/h2-4,7,10H,5-6,9H2,1H3. The van der Waals surface area contributed by atoms with Crippen LogP contribution in [0.3, 0.4) is 0 Å². The molecule has 1 aromatic rings. The highest BCUT2D eigenvalue weighted by atomic mass is 35.5. The molecule has 0 saturated carbocycles. The molecule has 0 N–H and O–H groups in total. The number of hydrogen-bond acceptors (Lipinski definition) is 2. The quantitative estimate of drug-likeness (QED) is 0.663. The molecule has 96 valence electrons. The molecule has 0 aromatic heterocycles. The van der Waals surface area contributed by atoms with Crippen molar-refractivity contribution in [2.45, 2.75) is 30.6 Å². The Hall–Kier alpha value is -1.17. The number of fused-ring (bicyclic) bond motifs is 1. The molecular formula is C16H14ClNS. The minimum atomic E-state index is 0.398. The zero-order valence-corrected chi connectivity index (χ0v) is 12.3. The largest absolute Gasteiger partial charge is 0.193 e. The first-order valence-corrected chi connectivity index (χ1v) is 7.81. The fourth-order valence-corrected chi connectivity index (χ4v) is 4.41. The third kappa shape index (κ3) is 2.22. The zero-order chi connectivity index (χ0) is 13.4. The van der Waals surface area contributed by atoms with Crippen LogP contribution >= 0.6 is 23.4 Å². The predicted molar refractivity (Wildman–Crippen MR) is 80.5 cm³/mol. The van der Waals surface area contributed by atoms with Gasteiger partial charge in [-0.05, 0) is 36.1 Å². The van der Waals surface area contributed by atoms with Gasteiger partial charge in [0, 0.05) is 22.1 Å². The van der Waals surface area contributed by atoms with Crippen LogP contribution in [0.2, 0.25) is 5.02 Å². The number of halogens is 1. The highest BCUT2D eigenvalue weighted by Crippen LogP contribution is 2.45. The number of nitriles is 1. The minimum absolute atomic E-state index is 0.398. The van der Waals surface area contributed by atoms with E-state index in [2.05, 4.69) is 25.1 Å². The maximum atomic E-state index is 9.07. The monoisotopic (exact) mass is 287 g/mol. The first kappa shape index (κ1) is 12.8. The van der Waals surface area contributed by atoms with Crippen LogP contribution in [-0.2, 0) is 0 Å². The van der Waals surface area contributed by atoms with E-state index in [1.807, 2.05) is 12.1 Å². The SMILES string of the molecule is CC1C2=C(C=C(C#N)CC2)CSc2c(Cl)cccc21.